The first-order valence-electron chi connectivity index (χ1n) is 8.87. The molecule has 2 aliphatic rings. The molecule has 0 spiro atoms. The van der Waals surface area contributed by atoms with E-state index in [9.17, 15) is 4.79 Å². The Morgan fingerprint density at radius 2 is 1.96 bits per heavy atom. The molecule has 2 aromatic carbocycles. The lowest BCUT2D eigenvalue weighted by molar-refractivity contribution is -0.0135. The lowest BCUT2D eigenvalue weighted by atomic mass is 10.0. The number of carbonyl (C=O) groups excluding carboxylic acids is 1. The lowest BCUT2D eigenvalue weighted by Gasteiger charge is -2.32. The molecule has 2 aliphatic heterocycles. The first-order chi connectivity index (χ1) is 13.2. The van der Waals surface area contributed by atoms with Crippen LogP contribution in [-0.2, 0) is 11.3 Å². The highest BCUT2D eigenvalue weighted by atomic mass is 16.7. The van der Waals surface area contributed by atoms with Crippen molar-refractivity contribution < 1.29 is 28.8 Å². The van der Waals surface area contributed by atoms with Crippen LogP contribution in [0.25, 0.3) is 0 Å². The van der Waals surface area contributed by atoms with E-state index >= 15 is 0 Å². The number of amides is 1. The van der Waals surface area contributed by atoms with E-state index in [0.29, 0.717) is 42.4 Å². The summed E-state index contributed by atoms with van der Waals surface area (Å²) < 4.78 is 22.1. The number of hydrogen-bond donors (Lipinski definition) is 2. The van der Waals surface area contributed by atoms with E-state index in [1.807, 2.05) is 0 Å². The van der Waals surface area contributed by atoms with Gasteiger partial charge in [0, 0.05) is 12.2 Å². The van der Waals surface area contributed by atoms with Gasteiger partial charge in [0.05, 0.1) is 19.3 Å². The summed E-state index contributed by atoms with van der Waals surface area (Å²) in [6, 6.07) is 12.2. The second kappa shape index (κ2) is 7.85. The third kappa shape index (κ3) is 3.99. The minimum Gasteiger partial charge on any atom is -0.486 e. The van der Waals surface area contributed by atoms with Crippen LogP contribution in [-0.4, -0.2) is 43.2 Å². The van der Waals surface area contributed by atoms with Crippen LogP contribution in [0.1, 0.15) is 22.3 Å². The zero-order chi connectivity index (χ0) is 18.6. The third-order valence-electron chi connectivity index (χ3n) is 4.65. The Morgan fingerprint density at radius 1 is 1.15 bits per heavy atom. The van der Waals surface area contributed by atoms with Gasteiger partial charge in [-0.05, 0) is 42.3 Å². The maximum atomic E-state index is 12.7. The number of nitrogens with one attached hydrogen (secondary N) is 1. The molecule has 0 aliphatic carbocycles. The normalized spacial score (nSPS) is 20.9. The van der Waals surface area contributed by atoms with Gasteiger partial charge in [0.15, 0.2) is 11.5 Å². The SMILES string of the molecule is O=C(NC1CCOCC1Oc1ccc(CO)cc1)c1ccc2c(c1)OCO2. The minimum absolute atomic E-state index is 0.0129. The monoisotopic (exact) mass is 371 g/mol. The smallest absolute Gasteiger partial charge is 0.251 e. The van der Waals surface area contributed by atoms with Gasteiger partial charge < -0.3 is 29.4 Å². The summed E-state index contributed by atoms with van der Waals surface area (Å²) in [5.74, 6) is 1.70. The van der Waals surface area contributed by atoms with E-state index in [1.165, 1.54) is 0 Å². The van der Waals surface area contributed by atoms with Crippen molar-refractivity contribution in [2.45, 2.75) is 25.2 Å². The maximum absolute atomic E-state index is 12.7. The van der Waals surface area contributed by atoms with Gasteiger partial charge in [0.25, 0.3) is 5.91 Å². The Bertz CT molecular complexity index is 807. The van der Waals surface area contributed by atoms with Crippen LogP contribution < -0.4 is 19.5 Å². The molecule has 0 aromatic heterocycles. The molecule has 27 heavy (non-hydrogen) atoms. The molecule has 1 amide bonds. The number of hydrogen-bond acceptors (Lipinski definition) is 6. The van der Waals surface area contributed by atoms with E-state index in [1.54, 1.807) is 42.5 Å². The standard InChI is InChI=1S/C20H21NO6/c22-10-13-1-4-15(5-2-13)27-19-11-24-8-7-16(19)21-20(23)14-3-6-17-18(9-14)26-12-25-17/h1-6,9,16,19,22H,7-8,10-12H2,(H,21,23). The summed E-state index contributed by atoms with van der Waals surface area (Å²) in [5.41, 5.74) is 1.33. The molecule has 2 unspecified atom stereocenters. The summed E-state index contributed by atoms with van der Waals surface area (Å²) >= 11 is 0. The largest absolute Gasteiger partial charge is 0.486 e. The molecular formula is C20H21NO6. The fourth-order valence-electron chi connectivity index (χ4n) is 3.13. The Morgan fingerprint density at radius 3 is 2.78 bits per heavy atom. The fourth-order valence-corrected chi connectivity index (χ4v) is 3.13. The minimum atomic E-state index is -0.295. The highest BCUT2D eigenvalue weighted by Gasteiger charge is 2.29. The Hall–Kier alpha value is -2.77. The Balaban J connectivity index is 1.43. The van der Waals surface area contributed by atoms with Crippen LogP contribution in [0.5, 0.6) is 17.2 Å². The summed E-state index contributed by atoms with van der Waals surface area (Å²) in [6.07, 6.45) is 0.368. The highest BCUT2D eigenvalue weighted by Crippen LogP contribution is 2.32. The van der Waals surface area contributed by atoms with E-state index < -0.39 is 0 Å². The highest BCUT2D eigenvalue weighted by molar-refractivity contribution is 5.95. The summed E-state index contributed by atoms with van der Waals surface area (Å²) in [4.78, 5) is 12.7. The van der Waals surface area contributed by atoms with E-state index in [-0.39, 0.29) is 31.5 Å². The molecule has 0 saturated carbocycles. The van der Waals surface area contributed by atoms with Crippen molar-refractivity contribution in [1.82, 2.24) is 5.32 Å². The molecule has 1 saturated heterocycles. The molecule has 0 bridgehead atoms. The first kappa shape index (κ1) is 17.6. The van der Waals surface area contributed by atoms with Gasteiger partial charge >= 0.3 is 0 Å². The van der Waals surface area contributed by atoms with Crippen molar-refractivity contribution in [1.29, 1.82) is 0 Å². The molecule has 4 rings (SSSR count). The van der Waals surface area contributed by atoms with Crippen LogP contribution in [0.4, 0.5) is 0 Å². The number of ether oxygens (including phenoxy) is 4. The Kier molecular flexibility index (Phi) is 5.13. The summed E-state index contributed by atoms with van der Waals surface area (Å²) in [6.45, 7) is 1.12. The third-order valence-corrected chi connectivity index (χ3v) is 4.65. The molecular weight excluding hydrogens is 350 g/mol. The van der Waals surface area contributed by atoms with Crippen LogP contribution in [0.2, 0.25) is 0 Å². The number of carbonyl (C=O) groups is 1. The second-order valence-electron chi connectivity index (χ2n) is 6.47. The van der Waals surface area contributed by atoms with Crippen molar-refractivity contribution >= 4 is 5.91 Å². The quantitative estimate of drug-likeness (QED) is 0.835. The summed E-state index contributed by atoms with van der Waals surface area (Å²) in [7, 11) is 0. The number of fused-ring (bicyclic) bond motifs is 1. The molecule has 2 atom stereocenters. The number of aliphatic hydroxyl groups is 1. The average Bonchev–Trinajstić information content (AvgIpc) is 3.18. The van der Waals surface area contributed by atoms with Crippen molar-refractivity contribution in [3.8, 4) is 17.2 Å². The number of aliphatic hydroxyl groups excluding tert-OH is 1. The van der Waals surface area contributed by atoms with Crippen LogP contribution >= 0.6 is 0 Å². The van der Waals surface area contributed by atoms with Crippen LogP contribution in [0.3, 0.4) is 0 Å². The molecule has 142 valence electrons. The first-order valence-corrected chi connectivity index (χ1v) is 8.87. The second-order valence-corrected chi connectivity index (χ2v) is 6.47. The molecule has 2 N–H and O–H groups in total. The van der Waals surface area contributed by atoms with Crippen molar-refractivity contribution in [2.75, 3.05) is 20.0 Å². The molecule has 2 aromatic rings. The van der Waals surface area contributed by atoms with E-state index in [4.69, 9.17) is 24.1 Å². The predicted molar refractivity (Wildman–Crippen MR) is 96.0 cm³/mol. The summed E-state index contributed by atoms with van der Waals surface area (Å²) in [5, 5.41) is 12.2. The van der Waals surface area contributed by atoms with Crippen LogP contribution in [0, 0.1) is 0 Å². The van der Waals surface area contributed by atoms with Gasteiger partial charge in [-0.2, -0.15) is 0 Å². The average molecular weight is 371 g/mol. The van der Waals surface area contributed by atoms with Gasteiger partial charge in [-0.25, -0.2) is 0 Å². The van der Waals surface area contributed by atoms with Crippen LogP contribution in [0.15, 0.2) is 42.5 Å². The van der Waals surface area contributed by atoms with Gasteiger partial charge in [-0.3, -0.25) is 4.79 Å². The van der Waals surface area contributed by atoms with Crippen molar-refractivity contribution in [3.05, 3.63) is 53.6 Å². The molecule has 1 fully saturated rings. The lowest BCUT2D eigenvalue weighted by Crippen LogP contribution is -2.51. The van der Waals surface area contributed by atoms with Gasteiger partial charge in [-0.1, -0.05) is 12.1 Å². The van der Waals surface area contributed by atoms with Crippen molar-refractivity contribution in [3.63, 3.8) is 0 Å². The van der Waals surface area contributed by atoms with Gasteiger partial charge in [0.2, 0.25) is 6.79 Å². The van der Waals surface area contributed by atoms with Gasteiger partial charge in [0.1, 0.15) is 11.9 Å². The zero-order valence-corrected chi connectivity index (χ0v) is 14.7. The molecule has 7 heteroatoms. The molecule has 2 heterocycles. The predicted octanol–water partition coefficient (Wildman–Crippen LogP) is 1.87. The topological polar surface area (TPSA) is 86.3 Å². The van der Waals surface area contributed by atoms with Gasteiger partial charge in [-0.15, -0.1) is 0 Å². The van der Waals surface area contributed by atoms with Crippen molar-refractivity contribution in [2.24, 2.45) is 0 Å². The number of rotatable bonds is 5. The Labute approximate surface area is 156 Å². The van der Waals surface area contributed by atoms with E-state index in [2.05, 4.69) is 5.32 Å². The zero-order valence-electron chi connectivity index (χ0n) is 14.7. The molecule has 0 radical (unpaired) electrons. The fraction of sp³-hybridized carbons (Fsp3) is 0.350. The maximum Gasteiger partial charge on any atom is 0.251 e. The molecule has 7 nitrogen and oxygen atoms in total. The number of benzene rings is 2. The van der Waals surface area contributed by atoms with E-state index in [0.717, 1.165) is 5.56 Å².